The van der Waals surface area contributed by atoms with Crippen molar-refractivity contribution < 1.29 is 9.59 Å². The lowest BCUT2D eigenvalue weighted by molar-refractivity contribution is -0.117. The zero-order valence-corrected chi connectivity index (χ0v) is 13.8. The van der Waals surface area contributed by atoms with Crippen molar-refractivity contribution in [3.63, 3.8) is 0 Å². The van der Waals surface area contributed by atoms with Crippen molar-refractivity contribution in [1.82, 2.24) is 10.9 Å². The van der Waals surface area contributed by atoms with E-state index < -0.39 is 11.8 Å². The van der Waals surface area contributed by atoms with Gasteiger partial charge in [-0.3, -0.25) is 20.4 Å². The molecule has 0 bridgehead atoms. The van der Waals surface area contributed by atoms with E-state index in [9.17, 15) is 9.59 Å². The van der Waals surface area contributed by atoms with E-state index in [1.54, 1.807) is 30.3 Å². The molecule has 0 fully saturated rings. The van der Waals surface area contributed by atoms with Crippen molar-refractivity contribution in [3.8, 4) is 0 Å². The van der Waals surface area contributed by atoms with Crippen LogP contribution in [0.15, 0.2) is 46.3 Å². The molecule has 0 unspecified atom stereocenters. The highest BCUT2D eigenvalue weighted by atomic mass is 79.9. The van der Waals surface area contributed by atoms with E-state index in [1.807, 2.05) is 12.1 Å². The van der Waals surface area contributed by atoms with Gasteiger partial charge in [0, 0.05) is 11.0 Å². The Morgan fingerprint density at radius 1 is 1.14 bits per heavy atom. The van der Waals surface area contributed by atoms with Gasteiger partial charge < -0.3 is 0 Å². The first-order valence-corrected chi connectivity index (χ1v) is 7.83. The molecule has 0 saturated carbocycles. The molecule has 0 radical (unpaired) electrons. The number of halogens is 2. The molecule has 2 N–H and O–H groups in total. The molecule has 2 amide bonds. The molecule has 21 heavy (non-hydrogen) atoms. The van der Waals surface area contributed by atoms with Crippen LogP contribution < -0.4 is 10.9 Å². The Morgan fingerprint density at radius 3 is 2.57 bits per heavy atom. The molecule has 0 aliphatic carbocycles. The van der Waals surface area contributed by atoms with E-state index in [0.29, 0.717) is 10.6 Å². The number of carbonyl (C=O) groups excluding carboxylic acids is 2. The summed E-state index contributed by atoms with van der Waals surface area (Å²) >= 11 is 10.7. The second-order valence-corrected chi connectivity index (χ2v) is 6.80. The summed E-state index contributed by atoms with van der Waals surface area (Å²) in [6.07, 6.45) is 3.00. The molecule has 0 atom stereocenters. The average molecular weight is 386 g/mol. The van der Waals surface area contributed by atoms with E-state index >= 15 is 0 Å². The summed E-state index contributed by atoms with van der Waals surface area (Å²) in [4.78, 5) is 24.3. The normalized spacial score (nSPS) is 10.6. The second-order valence-electron chi connectivity index (χ2n) is 3.90. The lowest BCUT2D eigenvalue weighted by Gasteiger charge is -2.06. The van der Waals surface area contributed by atoms with Gasteiger partial charge in [0.1, 0.15) is 0 Å². The third kappa shape index (κ3) is 4.70. The Hall–Kier alpha value is -1.63. The zero-order chi connectivity index (χ0) is 15.2. The molecule has 108 valence electrons. The second kappa shape index (κ2) is 7.40. The van der Waals surface area contributed by atoms with Crippen molar-refractivity contribution >= 4 is 56.8 Å². The summed E-state index contributed by atoms with van der Waals surface area (Å²) in [6, 6.07) is 10.4. The van der Waals surface area contributed by atoms with E-state index in [0.717, 1.165) is 8.66 Å². The van der Waals surface area contributed by atoms with Gasteiger partial charge in [-0.1, -0.05) is 23.7 Å². The Labute approximate surface area is 138 Å². The summed E-state index contributed by atoms with van der Waals surface area (Å²) in [5.41, 5.74) is 4.89. The van der Waals surface area contributed by atoms with E-state index in [1.165, 1.54) is 17.4 Å². The molecule has 2 aromatic rings. The Balaban J connectivity index is 1.88. The van der Waals surface area contributed by atoms with Crippen molar-refractivity contribution in [3.05, 3.63) is 61.7 Å². The highest BCUT2D eigenvalue weighted by Crippen LogP contribution is 2.22. The first-order chi connectivity index (χ1) is 10.1. The summed E-state index contributed by atoms with van der Waals surface area (Å²) < 4.78 is 0.981. The smallest absolute Gasteiger partial charge is 0.268 e. The van der Waals surface area contributed by atoms with Crippen LogP contribution in [0.1, 0.15) is 15.2 Å². The summed E-state index contributed by atoms with van der Waals surface area (Å²) in [6.45, 7) is 0. The van der Waals surface area contributed by atoms with Crippen LogP contribution >= 0.6 is 38.9 Å². The Kier molecular flexibility index (Phi) is 5.55. The number of nitrogens with one attached hydrogen (secondary N) is 2. The SMILES string of the molecule is O=C(/C=C/c1ccc(Br)s1)NNC(=O)c1ccccc1Cl. The van der Waals surface area contributed by atoms with Crippen molar-refractivity contribution in [2.45, 2.75) is 0 Å². The highest BCUT2D eigenvalue weighted by Gasteiger charge is 2.09. The fourth-order valence-electron chi connectivity index (χ4n) is 1.45. The van der Waals surface area contributed by atoms with Gasteiger partial charge >= 0.3 is 0 Å². The molecule has 0 aliphatic heterocycles. The van der Waals surface area contributed by atoms with Gasteiger partial charge in [0.25, 0.3) is 11.8 Å². The van der Waals surface area contributed by atoms with Gasteiger partial charge in [0.05, 0.1) is 14.4 Å². The third-order valence-electron chi connectivity index (χ3n) is 2.41. The lowest BCUT2D eigenvalue weighted by atomic mass is 10.2. The molecule has 1 heterocycles. The van der Waals surface area contributed by atoms with Crippen LogP contribution in [-0.2, 0) is 4.79 Å². The lowest BCUT2D eigenvalue weighted by Crippen LogP contribution is -2.40. The van der Waals surface area contributed by atoms with E-state index in [4.69, 9.17) is 11.6 Å². The summed E-state index contributed by atoms with van der Waals surface area (Å²) in [7, 11) is 0. The third-order valence-corrected chi connectivity index (χ3v) is 4.33. The number of thiophene rings is 1. The number of hydrogen-bond acceptors (Lipinski definition) is 3. The first kappa shape index (κ1) is 15.8. The van der Waals surface area contributed by atoms with Gasteiger partial charge in [0.2, 0.25) is 0 Å². The van der Waals surface area contributed by atoms with Crippen LogP contribution in [0.5, 0.6) is 0 Å². The summed E-state index contributed by atoms with van der Waals surface area (Å²) in [5, 5.41) is 0.322. The van der Waals surface area contributed by atoms with Crippen LogP contribution in [0.3, 0.4) is 0 Å². The molecule has 4 nitrogen and oxygen atoms in total. The molecule has 0 saturated heterocycles. The van der Waals surface area contributed by atoms with Gasteiger partial charge in [-0.2, -0.15) is 0 Å². The van der Waals surface area contributed by atoms with E-state index in [-0.39, 0.29) is 0 Å². The minimum atomic E-state index is -0.471. The number of hydrazine groups is 1. The first-order valence-electron chi connectivity index (χ1n) is 5.84. The van der Waals surface area contributed by atoms with Gasteiger partial charge in [-0.25, -0.2) is 0 Å². The number of rotatable bonds is 3. The Morgan fingerprint density at radius 2 is 1.90 bits per heavy atom. The van der Waals surface area contributed by atoms with Crippen LogP contribution in [0.25, 0.3) is 6.08 Å². The monoisotopic (exact) mass is 384 g/mol. The predicted molar refractivity (Wildman–Crippen MR) is 88.1 cm³/mol. The molecule has 7 heteroatoms. The molecule has 0 aliphatic rings. The zero-order valence-electron chi connectivity index (χ0n) is 10.6. The molecule has 1 aromatic heterocycles. The van der Waals surface area contributed by atoms with Crippen molar-refractivity contribution in [2.24, 2.45) is 0 Å². The largest absolute Gasteiger partial charge is 0.271 e. The summed E-state index contributed by atoms with van der Waals surface area (Å²) in [5.74, 6) is -0.902. The Bertz CT molecular complexity index is 700. The molecule has 2 rings (SSSR count). The fourth-order valence-corrected chi connectivity index (χ4v) is 3.00. The van der Waals surface area contributed by atoms with Crippen LogP contribution in [-0.4, -0.2) is 11.8 Å². The highest BCUT2D eigenvalue weighted by molar-refractivity contribution is 9.11. The van der Waals surface area contributed by atoms with Gasteiger partial charge in [-0.05, 0) is 46.3 Å². The van der Waals surface area contributed by atoms with Crippen molar-refractivity contribution in [2.75, 3.05) is 0 Å². The fraction of sp³-hybridized carbons (Fsp3) is 0. The molecule has 1 aromatic carbocycles. The quantitative estimate of drug-likeness (QED) is 0.626. The van der Waals surface area contributed by atoms with Crippen molar-refractivity contribution in [1.29, 1.82) is 0 Å². The maximum Gasteiger partial charge on any atom is 0.271 e. The minimum Gasteiger partial charge on any atom is -0.268 e. The maximum absolute atomic E-state index is 11.8. The predicted octanol–water partition coefficient (Wildman–Crippen LogP) is 3.64. The number of benzene rings is 1. The van der Waals surface area contributed by atoms with E-state index in [2.05, 4.69) is 26.8 Å². The molecular formula is C14H10BrClN2O2S. The number of hydrogen-bond donors (Lipinski definition) is 2. The number of carbonyl (C=O) groups is 2. The molecule has 0 spiro atoms. The van der Waals surface area contributed by atoms with Crippen LogP contribution in [0, 0.1) is 0 Å². The number of amides is 2. The van der Waals surface area contributed by atoms with Crippen LogP contribution in [0.4, 0.5) is 0 Å². The van der Waals surface area contributed by atoms with Gasteiger partial charge in [0.15, 0.2) is 0 Å². The molecular weight excluding hydrogens is 376 g/mol. The van der Waals surface area contributed by atoms with Gasteiger partial charge in [-0.15, -0.1) is 11.3 Å². The van der Waals surface area contributed by atoms with Crippen LogP contribution in [0.2, 0.25) is 5.02 Å². The minimum absolute atomic E-state index is 0.297. The standard InChI is InChI=1S/C14H10BrClN2O2S/c15-12-7-5-9(21-12)6-8-13(19)17-18-14(20)10-3-1-2-4-11(10)16/h1-8H,(H,17,19)(H,18,20)/b8-6+. The maximum atomic E-state index is 11.8. The average Bonchev–Trinajstić information content (AvgIpc) is 2.89. The topological polar surface area (TPSA) is 58.2 Å².